The fourth-order valence-electron chi connectivity index (χ4n) is 2.06. The number of nitrogens with one attached hydrogen (secondary N) is 1. The van der Waals surface area contributed by atoms with Gasteiger partial charge in [-0.25, -0.2) is 14.4 Å². The van der Waals surface area contributed by atoms with E-state index in [1.165, 1.54) is 6.07 Å². The van der Waals surface area contributed by atoms with E-state index < -0.39 is 10.9 Å². The van der Waals surface area contributed by atoms with Crippen LogP contribution in [-0.2, 0) is 0 Å². The quantitative estimate of drug-likeness (QED) is 0.821. The normalized spacial score (nSPS) is 12.0. The van der Waals surface area contributed by atoms with E-state index >= 15 is 0 Å². The van der Waals surface area contributed by atoms with Gasteiger partial charge in [-0.2, -0.15) is 0 Å². The average molecular weight is 319 g/mol. The lowest BCUT2D eigenvalue weighted by molar-refractivity contribution is 0.109. The lowest BCUT2D eigenvalue weighted by atomic mass is 10.1. The van der Waals surface area contributed by atoms with Crippen LogP contribution in [-0.4, -0.2) is 21.1 Å². The number of hydrogen-bond donors (Lipinski definition) is 2. The summed E-state index contributed by atoms with van der Waals surface area (Å²) in [5.41, 5.74) is 0.716. The highest BCUT2D eigenvalue weighted by atomic mass is 32.1. The Bertz CT molecular complexity index is 706. The van der Waals surface area contributed by atoms with Crippen molar-refractivity contribution in [3.05, 3.63) is 41.5 Å². The van der Waals surface area contributed by atoms with E-state index in [1.807, 2.05) is 13.8 Å². The van der Waals surface area contributed by atoms with Crippen LogP contribution in [0, 0.1) is 12.7 Å². The third-order valence-corrected chi connectivity index (χ3v) is 3.58. The number of aromatic nitrogens is 2. The molecule has 0 bridgehead atoms. The third kappa shape index (κ3) is 3.44. The number of rotatable bonds is 5. The second kappa shape index (κ2) is 6.87. The van der Waals surface area contributed by atoms with E-state index in [2.05, 4.69) is 27.9 Å². The summed E-state index contributed by atoms with van der Waals surface area (Å²) in [6.45, 7) is 5.71. The molecule has 6 heteroatoms. The second-order valence-electron chi connectivity index (χ2n) is 5.08. The molecular weight excluding hydrogens is 301 g/mol. The second-order valence-corrected chi connectivity index (χ2v) is 5.49. The first kappa shape index (κ1) is 16.4. The molecule has 0 saturated heterocycles. The molecule has 116 valence electrons. The molecule has 1 aromatic carbocycles. The number of benzene rings is 1. The Balaban J connectivity index is 2.68. The minimum absolute atomic E-state index is 0.120. The molecule has 2 rings (SSSR count). The van der Waals surface area contributed by atoms with Gasteiger partial charge in [0, 0.05) is 11.6 Å². The molecule has 0 saturated carbocycles. The van der Waals surface area contributed by atoms with Crippen LogP contribution in [0.1, 0.15) is 36.5 Å². The van der Waals surface area contributed by atoms with Crippen LogP contribution >= 0.6 is 12.6 Å². The number of anilines is 1. The summed E-state index contributed by atoms with van der Waals surface area (Å²) in [5.74, 6) is 0.411. The fourth-order valence-corrected chi connectivity index (χ4v) is 2.27. The van der Waals surface area contributed by atoms with Gasteiger partial charge >= 0.3 is 0 Å². The van der Waals surface area contributed by atoms with Gasteiger partial charge in [0.25, 0.3) is 0 Å². The summed E-state index contributed by atoms with van der Waals surface area (Å²) in [4.78, 5) is 20.5. The molecule has 4 nitrogen and oxygen atoms in total. The lowest BCUT2D eigenvalue weighted by Crippen LogP contribution is -2.18. The standard InChI is InChI=1S/C16H18FN3OS/c1-4-9(2)18-15-13(16(21)22)14(19-10(3)20-15)11-7-5-6-8-12(11)17/h5-9H,4H2,1-3H3,(H,21,22)(H,18,19,20). The van der Waals surface area contributed by atoms with E-state index in [0.717, 1.165) is 6.42 Å². The molecule has 1 heterocycles. The molecule has 1 unspecified atom stereocenters. The van der Waals surface area contributed by atoms with Crippen LogP contribution in [0.5, 0.6) is 0 Å². The Morgan fingerprint density at radius 3 is 2.64 bits per heavy atom. The zero-order valence-electron chi connectivity index (χ0n) is 12.7. The van der Waals surface area contributed by atoms with Gasteiger partial charge < -0.3 is 5.32 Å². The summed E-state index contributed by atoms with van der Waals surface area (Å²) in [5, 5.41) is 2.67. The van der Waals surface area contributed by atoms with E-state index in [1.54, 1.807) is 25.1 Å². The maximum atomic E-state index is 14.1. The number of thiol groups is 1. The zero-order valence-corrected chi connectivity index (χ0v) is 13.6. The first-order valence-electron chi connectivity index (χ1n) is 7.07. The molecule has 1 atom stereocenters. The molecule has 0 aliphatic rings. The maximum absolute atomic E-state index is 14.1. The Hall–Kier alpha value is -1.95. The van der Waals surface area contributed by atoms with Crippen molar-refractivity contribution in [3.63, 3.8) is 0 Å². The smallest absolute Gasteiger partial charge is 0.222 e. The number of aryl methyl sites for hydroxylation is 1. The predicted molar refractivity (Wildman–Crippen MR) is 88.9 cm³/mol. The topological polar surface area (TPSA) is 54.9 Å². The first-order chi connectivity index (χ1) is 10.4. The van der Waals surface area contributed by atoms with Crippen molar-refractivity contribution < 1.29 is 9.18 Å². The number of hydrogen-bond acceptors (Lipinski definition) is 4. The Kier molecular flexibility index (Phi) is 5.13. The SMILES string of the molecule is CCC(C)Nc1nc(C)nc(-c2ccccc2F)c1C(=O)S. The molecule has 2 aromatic rings. The van der Waals surface area contributed by atoms with Gasteiger partial charge in [-0.1, -0.05) is 19.1 Å². The van der Waals surface area contributed by atoms with Crippen LogP contribution in [0.2, 0.25) is 0 Å². The number of halogens is 1. The van der Waals surface area contributed by atoms with Crippen LogP contribution in [0.3, 0.4) is 0 Å². The Labute approximate surface area is 134 Å². The molecular formula is C16H18FN3OS. The number of carbonyl (C=O) groups excluding carboxylic acids is 1. The van der Waals surface area contributed by atoms with Crippen LogP contribution in [0.4, 0.5) is 10.2 Å². The molecule has 0 amide bonds. The molecule has 0 radical (unpaired) electrons. The predicted octanol–water partition coefficient (Wildman–Crippen LogP) is 3.87. The fraction of sp³-hybridized carbons (Fsp3) is 0.312. The van der Waals surface area contributed by atoms with Crippen molar-refractivity contribution in [3.8, 4) is 11.3 Å². The van der Waals surface area contributed by atoms with Crippen molar-refractivity contribution in [2.75, 3.05) is 5.32 Å². The van der Waals surface area contributed by atoms with Gasteiger partial charge in [0.15, 0.2) is 0 Å². The molecule has 1 N–H and O–H groups in total. The minimum Gasteiger partial charge on any atom is -0.367 e. The van der Waals surface area contributed by atoms with Crippen LogP contribution < -0.4 is 5.32 Å². The maximum Gasteiger partial charge on any atom is 0.222 e. The van der Waals surface area contributed by atoms with E-state index in [4.69, 9.17) is 0 Å². The van der Waals surface area contributed by atoms with Gasteiger partial charge in [0.1, 0.15) is 17.5 Å². The van der Waals surface area contributed by atoms with Crippen molar-refractivity contribution >= 4 is 23.6 Å². The zero-order chi connectivity index (χ0) is 16.3. The summed E-state index contributed by atoms with van der Waals surface area (Å²) < 4.78 is 14.1. The summed E-state index contributed by atoms with van der Waals surface area (Å²) in [6.07, 6.45) is 0.859. The first-order valence-corrected chi connectivity index (χ1v) is 7.52. The molecule has 0 spiro atoms. The van der Waals surface area contributed by atoms with E-state index in [0.29, 0.717) is 11.6 Å². The highest BCUT2D eigenvalue weighted by Gasteiger charge is 2.21. The summed E-state index contributed by atoms with van der Waals surface area (Å²) >= 11 is 3.92. The molecule has 1 aromatic heterocycles. The largest absolute Gasteiger partial charge is 0.367 e. The number of carbonyl (C=O) groups is 1. The summed E-state index contributed by atoms with van der Waals surface area (Å²) in [6, 6.07) is 6.33. The van der Waals surface area contributed by atoms with Gasteiger partial charge in [-0.15, -0.1) is 12.6 Å². The number of nitrogens with zero attached hydrogens (tertiary/aromatic N) is 2. The molecule has 22 heavy (non-hydrogen) atoms. The highest BCUT2D eigenvalue weighted by Crippen LogP contribution is 2.30. The van der Waals surface area contributed by atoms with Crippen LogP contribution in [0.25, 0.3) is 11.3 Å². The lowest BCUT2D eigenvalue weighted by Gasteiger charge is -2.17. The summed E-state index contributed by atoms with van der Waals surface area (Å²) in [7, 11) is 0. The van der Waals surface area contributed by atoms with E-state index in [9.17, 15) is 9.18 Å². The minimum atomic E-state index is -0.496. The van der Waals surface area contributed by atoms with Gasteiger partial charge in [-0.3, -0.25) is 4.79 Å². The van der Waals surface area contributed by atoms with Crippen LogP contribution in [0.15, 0.2) is 24.3 Å². The van der Waals surface area contributed by atoms with Crippen molar-refractivity contribution in [1.82, 2.24) is 9.97 Å². The van der Waals surface area contributed by atoms with Crippen molar-refractivity contribution in [2.45, 2.75) is 33.2 Å². The highest BCUT2D eigenvalue weighted by molar-refractivity contribution is 7.97. The van der Waals surface area contributed by atoms with Gasteiger partial charge in [-0.05, 0) is 32.4 Å². The molecule has 0 aliphatic carbocycles. The Morgan fingerprint density at radius 1 is 1.36 bits per heavy atom. The Morgan fingerprint density at radius 2 is 2.05 bits per heavy atom. The van der Waals surface area contributed by atoms with Gasteiger partial charge in [0.05, 0.1) is 11.3 Å². The van der Waals surface area contributed by atoms with Crippen molar-refractivity contribution in [2.24, 2.45) is 0 Å². The van der Waals surface area contributed by atoms with E-state index in [-0.39, 0.29) is 22.9 Å². The van der Waals surface area contributed by atoms with Gasteiger partial charge in [0.2, 0.25) is 5.12 Å². The average Bonchev–Trinajstić information content (AvgIpc) is 2.46. The monoisotopic (exact) mass is 319 g/mol. The van der Waals surface area contributed by atoms with Crippen molar-refractivity contribution in [1.29, 1.82) is 0 Å². The molecule has 0 aliphatic heterocycles. The third-order valence-electron chi connectivity index (χ3n) is 3.36. The molecule has 0 fully saturated rings.